The average Bonchev–Trinajstić information content (AvgIpc) is 3.74. The summed E-state index contributed by atoms with van der Waals surface area (Å²) >= 11 is 0. The number of carboxylic acid groups (broad SMARTS) is 1. The molecule has 0 aromatic heterocycles. The highest BCUT2D eigenvalue weighted by Gasteiger charge is 2.43. The molecule has 358 valence electrons. The number of nitrogens with zero attached hydrogens (tertiary/aromatic N) is 3. The number of carboxylic acids is 1. The Hall–Kier alpha value is -4.33. The number of nitrogens with one attached hydrogen (secondary N) is 1. The highest BCUT2D eigenvalue weighted by Crippen LogP contribution is 2.31. The van der Waals surface area contributed by atoms with Gasteiger partial charge < -0.3 is 34.4 Å². The first-order valence-corrected chi connectivity index (χ1v) is 23.4. The zero-order valence-corrected chi connectivity index (χ0v) is 41.0. The fraction of sp³-hybridized carbons (Fsp3) is 0.667. The van der Waals surface area contributed by atoms with Crippen LogP contribution in [0.15, 0.2) is 54.6 Å². The molecule has 1 aliphatic rings. The summed E-state index contributed by atoms with van der Waals surface area (Å²) in [6, 6.07) is 14.8. The molecule has 3 rings (SSSR count). The van der Waals surface area contributed by atoms with E-state index in [1.165, 1.54) is 7.11 Å². The van der Waals surface area contributed by atoms with E-state index in [0.29, 0.717) is 25.9 Å². The molecular formula is C51H80N4O9. The minimum atomic E-state index is -1.14. The standard InChI is InChI=1S/C51H80N4O9/c1-14-35(8)47(54(11)50(59)40(32(2)3)30-43(56)46(33(4)5)53(10)28-26-37-22-24-39(25-23-37)64-34(6)7)44(62-12)31-45(57)55-27-18-21-42(55)48(63-13)36(9)49(58)52-41(51(60)61)29-38-19-16-15-17-20-38/h15-17,19-20,22-25,32-36,40-42,44,46-48H,14,18,21,26-31H2,1-13H3,(H,52,58)(H,60,61)/t35-,36+,40-,41-,42-,44+,46-,47-,48+/m0/s1. The molecule has 0 spiro atoms. The zero-order chi connectivity index (χ0) is 47.8. The predicted molar refractivity (Wildman–Crippen MR) is 251 cm³/mol. The molecule has 1 heterocycles. The number of amides is 3. The normalized spacial score (nSPS) is 18.0. The number of rotatable bonds is 27. The van der Waals surface area contributed by atoms with E-state index in [1.54, 1.807) is 30.9 Å². The molecule has 0 radical (unpaired) electrons. The summed E-state index contributed by atoms with van der Waals surface area (Å²) in [4.78, 5) is 74.6. The Bertz CT molecular complexity index is 1770. The Labute approximate surface area is 383 Å². The quantitative estimate of drug-likeness (QED) is 0.0965. The van der Waals surface area contributed by atoms with Crippen molar-refractivity contribution in [2.24, 2.45) is 29.6 Å². The topological polar surface area (TPSA) is 155 Å². The minimum Gasteiger partial charge on any atom is -0.491 e. The molecule has 1 fully saturated rings. The smallest absolute Gasteiger partial charge is 0.326 e. The van der Waals surface area contributed by atoms with Gasteiger partial charge in [0.2, 0.25) is 17.7 Å². The number of aliphatic carboxylic acids is 1. The number of hydrogen-bond donors (Lipinski definition) is 2. The van der Waals surface area contributed by atoms with Crippen LogP contribution < -0.4 is 10.1 Å². The summed E-state index contributed by atoms with van der Waals surface area (Å²) in [7, 11) is 6.81. The lowest BCUT2D eigenvalue weighted by Crippen LogP contribution is -2.55. The molecule has 2 aromatic carbocycles. The molecule has 2 N–H and O–H groups in total. The van der Waals surface area contributed by atoms with Gasteiger partial charge in [-0.25, -0.2) is 4.79 Å². The molecule has 0 bridgehead atoms. The van der Waals surface area contributed by atoms with Crippen LogP contribution in [-0.4, -0.2) is 133 Å². The third-order valence-corrected chi connectivity index (χ3v) is 13.2. The number of carbonyl (C=O) groups is 5. The molecule has 0 unspecified atom stereocenters. The van der Waals surface area contributed by atoms with E-state index in [0.717, 1.165) is 29.7 Å². The van der Waals surface area contributed by atoms with Crippen LogP contribution in [0.4, 0.5) is 0 Å². The number of likely N-dealkylation sites (tertiary alicyclic amines) is 1. The summed E-state index contributed by atoms with van der Waals surface area (Å²) < 4.78 is 17.8. The Morgan fingerprint density at radius 1 is 0.844 bits per heavy atom. The second-order valence-electron chi connectivity index (χ2n) is 18.9. The Kier molecular flexibility index (Phi) is 21.9. The summed E-state index contributed by atoms with van der Waals surface area (Å²) in [5.41, 5.74) is 1.94. The van der Waals surface area contributed by atoms with Crippen LogP contribution in [0, 0.1) is 29.6 Å². The number of carbonyl (C=O) groups excluding carboxylic acids is 4. The van der Waals surface area contributed by atoms with E-state index >= 15 is 0 Å². The van der Waals surface area contributed by atoms with Crippen LogP contribution in [0.5, 0.6) is 5.75 Å². The molecule has 2 aromatic rings. The number of likely N-dealkylation sites (N-methyl/N-ethyl adjacent to an activating group) is 2. The van der Waals surface area contributed by atoms with Gasteiger partial charge in [-0.15, -0.1) is 0 Å². The van der Waals surface area contributed by atoms with Crippen LogP contribution >= 0.6 is 0 Å². The Balaban J connectivity index is 1.75. The first-order chi connectivity index (χ1) is 30.2. The molecular weight excluding hydrogens is 813 g/mol. The van der Waals surface area contributed by atoms with Crippen molar-refractivity contribution in [2.75, 3.05) is 41.4 Å². The van der Waals surface area contributed by atoms with Gasteiger partial charge in [-0.1, -0.05) is 97.4 Å². The van der Waals surface area contributed by atoms with Crippen molar-refractivity contribution >= 4 is 29.5 Å². The zero-order valence-electron chi connectivity index (χ0n) is 41.0. The van der Waals surface area contributed by atoms with E-state index in [-0.39, 0.29) is 66.8 Å². The Morgan fingerprint density at radius 3 is 2.02 bits per heavy atom. The van der Waals surface area contributed by atoms with Crippen molar-refractivity contribution in [3.05, 3.63) is 65.7 Å². The third-order valence-electron chi connectivity index (χ3n) is 13.2. The summed E-state index contributed by atoms with van der Waals surface area (Å²) in [6.07, 6.45) is 1.77. The molecule has 1 saturated heterocycles. The molecule has 1 aliphatic heterocycles. The van der Waals surface area contributed by atoms with Crippen molar-refractivity contribution in [3.63, 3.8) is 0 Å². The van der Waals surface area contributed by atoms with Crippen molar-refractivity contribution in [3.8, 4) is 5.75 Å². The molecule has 64 heavy (non-hydrogen) atoms. The van der Waals surface area contributed by atoms with Gasteiger partial charge in [0.25, 0.3) is 0 Å². The highest BCUT2D eigenvalue weighted by molar-refractivity contribution is 5.90. The number of ketones is 1. The van der Waals surface area contributed by atoms with Gasteiger partial charge in [-0.3, -0.25) is 24.1 Å². The summed E-state index contributed by atoms with van der Waals surface area (Å²) in [5, 5.41) is 12.6. The molecule has 13 heteroatoms. The molecule has 9 atom stereocenters. The molecule has 0 saturated carbocycles. The monoisotopic (exact) mass is 893 g/mol. The van der Waals surface area contributed by atoms with Crippen LogP contribution in [0.2, 0.25) is 0 Å². The van der Waals surface area contributed by atoms with Crippen LogP contribution in [0.3, 0.4) is 0 Å². The first-order valence-electron chi connectivity index (χ1n) is 23.4. The number of benzene rings is 2. The number of Topliss-reactive ketones (excluding diaryl/α,β-unsaturated/α-hetero) is 1. The molecule has 3 amide bonds. The fourth-order valence-corrected chi connectivity index (χ4v) is 9.44. The summed E-state index contributed by atoms with van der Waals surface area (Å²) in [6.45, 7) is 19.0. The predicted octanol–water partition coefficient (Wildman–Crippen LogP) is 6.94. The lowest BCUT2D eigenvalue weighted by atomic mass is 9.83. The van der Waals surface area contributed by atoms with Gasteiger partial charge in [0.1, 0.15) is 11.8 Å². The highest BCUT2D eigenvalue weighted by atomic mass is 16.5. The van der Waals surface area contributed by atoms with Crippen LogP contribution in [0.25, 0.3) is 0 Å². The van der Waals surface area contributed by atoms with Crippen molar-refractivity contribution in [2.45, 2.75) is 150 Å². The minimum absolute atomic E-state index is 0.00618. The molecule has 13 nitrogen and oxygen atoms in total. The maximum absolute atomic E-state index is 14.7. The Morgan fingerprint density at radius 2 is 1.48 bits per heavy atom. The van der Waals surface area contributed by atoms with E-state index in [1.807, 2.05) is 98.0 Å². The van der Waals surface area contributed by atoms with Gasteiger partial charge in [-0.05, 0) is 81.2 Å². The molecule has 0 aliphatic carbocycles. The summed E-state index contributed by atoms with van der Waals surface area (Å²) in [5.74, 6) is -2.55. The van der Waals surface area contributed by atoms with E-state index in [4.69, 9.17) is 14.2 Å². The maximum Gasteiger partial charge on any atom is 0.326 e. The largest absolute Gasteiger partial charge is 0.491 e. The van der Waals surface area contributed by atoms with E-state index in [9.17, 15) is 29.1 Å². The fourth-order valence-electron chi connectivity index (χ4n) is 9.44. The third kappa shape index (κ3) is 15.1. The lowest BCUT2D eigenvalue weighted by molar-refractivity contribution is -0.149. The lowest BCUT2D eigenvalue weighted by Gasteiger charge is -2.41. The van der Waals surface area contributed by atoms with Gasteiger partial charge in [0, 0.05) is 53.1 Å². The SMILES string of the molecule is CC[C@H](C)[C@@H]([C@@H](CC(=O)N1CCC[C@H]1[C@H](OC)[C@@H](C)C(=O)N[C@@H](Cc1ccccc1)C(=O)O)OC)N(C)C(=O)[C@@H](CC(=O)[C@H](C(C)C)N(C)CCc1ccc(OC(C)C)cc1)C(C)C. The van der Waals surface area contributed by atoms with Crippen molar-refractivity contribution in [1.82, 2.24) is 20.0 Å². The van der Waals surface area contributed by atoms with Gasteiger partial charge in [-0.2, -0.15) is 0 Å². The van der Waals surface area contributed by atoms with Gasteiger partial charge >= 0.3 is 5.97 Å². The van der Waals surface area contributed by atoms with E-state index in [2.05, 4.69) is 29.3 Å². The van der Waals surface area contributed by atoms with Crippen molar-refractivity contribution in [1.29, 1.82) is 0 Å². The van der Waals surface area contributed by atoms with E-state index < -0.39 is 54.0 Å². The number of hydrogen-bond acceptors (Lipinski definition) is 9. The number of methoxy groups -OCH3 is 2. The average molecular weight is 893 g/mol. The van der Waals surface area contributed by atoms with Gasteiger partial charge in [0.05, 0.1) is 48.8 Å². The van der Waals surface area contributed by atoms with Gasteiger partial charge in [0.15, 0.2) is 5.78 Å². The second-order valence-corrected chi connectivity index (χ2v) is 18.9. The first kappa shape index (κ1) is 54.0. The van der Waals surface area contributed by atoms with Crippen LogP contribution in [0.1, 0.15) is 106 Å². The number of ether oxygens (including phenoxy) is 3. The maximum atomic E-state index is 14.7. The van der Waals surface area contributed by atoms with Crippen molar-refractivity contribution < 1.29 is 43.3 Å². The second kappa shape index (κ2) is 26.0. The van der Waals surface area contributed by atoms with Crippen LogP contribution in [-0.2, 0) is 46.3 Å².